The lowest BCUT2D eigenvalue weighted by molar-refractivity contribution is 0.0346. The lowest BCUT2D eigenvalue weighted by atomic mass is 9.97. The molecule has 0 radical (unpaired) electrons. The number of hydrogen-bond acceptors (Lipinski definition) is 6. The van der Waals surface area contributed by atoms with E-state index < -0.39 is 6.10 Å². The number of hydrogen-bond donors (Lipinski definition) is 3. The van der Waals surface area contributed by atoms with Crippen LogP contribution in [0.3, 0.4) is 0 Å². The summed E-state index contributed by atoms with van der Waals surface area (Å²) in [7, 11) is 0. The molecule has 1 fully saturated rings. The number of amides is 1. The highest BCUT2D eigenvalue weighted by Crippen LogP contribution is 2.26. The summed E-state index contributed by atoms with van der Waals surface area (Å²) >= 11 is 1.58. The van der Waals surface area contributed by atoms with Gasteiger partial charge in [-0.05, 0) is 30.9 Å². The number of aromatic nitrogens is 1. The number of para-hydroxylation sites is 1. The van der Waals surface area contributed by atoms with Gasteiger partial charge in [-0.3, -0.25) is 9.69 Å². The maximum Gasteiger partial charge on any atom is 0.253 e. The summed E-state index contributed by atoms with van der Waals surface area (Å²) < 4.78 is 0. The van der Waals surface area contributed by atoms with Gasteiger partial charge in [-0.2, -0.15) is 0 Å². The fourth-order valence-corrected chi connectivity index (χ4v) is 4.35. The van der Waals surface area contributed by atoms with E-state index in [9.17, 15) is 9.90 Å². The summed E-state index contributed by atoms with van der Waals surface area (Å²) in [5, 5.41) is 18.9. The van der Waals surface area contributed by atoms with Crippen LogP contribution in [0.25, 0.3) is 0 Å². The van der Waals surface area contributed by atoms with Gasteiger partial charge in [-0.1, -0.05) is 12.1 Å². The van der Waals surface area contributed by atoms with Crippen LogP contribution in [0, 0.1) is 0 Å². The minimum atomic E-state index is -0.571. The maximum atomic E-state index is 12.8. The topological polar surface area (TPSA) is 77.5 Å². The number of benzene rings is 1. The Bertz CT molecular complexity index is 765. The van der Waals surface area contributed by atoms with Crippen LogP contribution in [0.2, 0.25) is 0 Å². The summed E-state index contributed by atoms with van der Waals surface area (Å²) in [5.74, 6) is -0.103. The van der Waals surface area contributed by atoms with Crippen molar-refractivity contribution < 1.29 is 9.90 Å². The summed E-state index contributed by atoms with van der Waals surface area (Å²) in [6.07, 6.45) is 2.26. The van der Waals surface area contributed by atoms with E-state index >= 15 is 0 Å². The SMILES string of the molecule is O=C(N[C@@H]1CCN(Cc2cscn2)C[C@H]1O)c1cccc2c1NCCC2. The number of anilines is 1. The van der Waals surface area contributed by atoms with Crippen LogP contribution in [-0.2, 0) is 13.0 Å². The van der Waals surface area contributed by atoms with Crippen molar-refractivity contribution in [3.05, 3.63) is 45.9 Å². The number of aliphatic hydroxyl groups is 1. The summed E-state index contributed by atoms with van der Waals surface area (Å²) in [4.78, 5) is 19.3. The van der Waals surface area contributed by atoms with Crippen molar-refractivity contribution in [2.24, 2.45) is 0 Å². The Hall–Kier alpha value is -1.96. The van der Waals surface area contributed by atoms with E-state index in [1.807, 2.05) is 23.0 Å². The van der Waals surface area contributed by atoms with E-state index in [1.54, 1.807) is 11.3 Å². The lowest BCUT2D eigenvalue weighted by Gasteiger charge is -2.36. The first-order valence-corrected chi connectivity index (χ1v) is 10.1. The van der Waals surface area contributed by atoms with E-state index in [2.05, 4.69) is 26.6 Å². The molecular formula is C19H24N4O2S. The molecule has 0 saturated carbocycles. The van der Waals surface area contributed by atoms with E-state index in [1.165, 1.54) is 5.56 Å². The molecular weight excluding hydrogens is 348 g/mol. The molecule has 2 aromatic rings. The van der Waals surface area contributed by atoms with Gasteiger partial charge in [0.1, 0.15) is 0 Å². The average molecular weight is 372 g/mol. The van der Waals surface area contributed by atoms with Gasteiger partial charge in [0, 0.05) is 31.6 Å². The van der Waals surface area contributed by atoms with Crippen LogP contribution in [0.4, 0.5) is 5.69 Å². The van der Waals surface area contributed by atoms with Gasteiger partial charge < -0.3 is 15.7 Å². The van der Waals surface area contributed by atoms with Crippen LogP contribution >= 0.6 is 11.3 Å². The Morgan fingerprint density at radius 1 is 1.46 bits per heavy atom. The molecule has 2 atom stereocenters. The van der Waals surface area contributed by atoms with Crippen molar-refractivity contribution in [1.29, 1.82) is 0 Å². The van der Waals surface area contributed by atoms with Crippen molar-refractivity contribution in [2.45, 2.75) is 38.0 Å². The smallest absolute Gasteiger partial charge is 0.253 e. The van der Waals surface area contributed by atoms with Crippen molar-refractivity contribution in [3.8, 4) is 0 Å². The van der Waals surface area contributed by atoms with E-state index in [0.29, 0.717) is 12.1 Å². The molecule has 138 valence electrons. The Balaban J connectivity index is 1.38. The zero-order chi connectivity index (χ0) is 17.9. The second-order valence-electron chi connectivity index (χ2n) is 7.02. The number of rotatable bonds is 4. The quantitative estimate of drug-likeness (QED) is 0.764. The number of likely N-dealkylation sites (tertiary alicyclic amines) is 1. The summed E-state index contributed by atoms with van der Waals surface area (Å²) in [5.41, 5.74) is 5.69. The third-order valence-corrected chi connectivity index (χ3v) is 5.81. The largest absolute Gasteiger partial charge is 0.390 e. The molecule has 0 aliphatic carbocycles. The predicted molar refractivity (Wildman–Crippen MR) is 103 cm³/mol. The summed E-state index contributed by atoms with van der Waals surface area (Å²) in [6.45, 7) is 3.03. The molecule has 0 unspecified atom stereocenters. The predicted octanol–water partition coefficient (Wildman–Crippen LogP) is 1.87. The highest BCUT2D eigenvalue weighted by atomic mass is 32.1. The van der Waals surface area contributed by atoms with Gasteiger partial charge in [-0.25, -0.2) is 4.98 Å². The van der Waals surface area contributed by atoms with Crippen LogP contribution in [0.1, 0.15) is 34.5 Å². The zero-order valence-electron chi connectivity index (χ0n) is 14.6. The van der Waals surface area contributed by atoms with Gasteiger partial charge in [0.05, 0.1) is 34.6 Å². The van der Waals surface area contributed by atoms with Gasteiger partial charge in [0.15, 0.2) is 0 Å². The number of aryl methyl sites for hydroxylation is 1. The first-order chi connectivity index (χ1) is 12.7. The highest BCUT2D eigenvalue weighted by Gasteiger charge is 2.30. The van der Waals surface area contributed by atoms with E-state index in [-0.39, 0.29) is 11.9 Å². The van der Waals surface area contributed by atoms with Crippen LogP contribution in [0.15, 0.2) is 29.1 Å². The number of carbonyl (C=O) groups excluding carboxylic acids is 1. The Morgan fingerprint density at radius 3 is 3.19 bits per heavy atom. The molecule has 1 saturated heterocycles. The lowest BCUT2D eigenvalue weighted by Crippen LogP contribution is -2.53. The van der Waals surface area contributed by atoms with Crippen LogP contribution in [0.5, 0.6) is 0 Å². The standard InChI is InChI=1S/C19H24N4O2S/c24-17-10-23(9-14-11-26-12-21-14)8-6-16(17)22-19(25)15-5-1-3-13-4-2-7-20-18(13)15/h1,3,5,11-12,16-17,20,24H,2,4,6-10H2,(H,22,25)/t16-,17-/m1/s1. The van der Waals surface area contributed by atoms with Crippen molar-refractivity contribution in [2.75, 3.05) is 25.0 Å². The van der Waals surface area contributed by atoms with Gasteiger partial charge >= 0.3 is 0 Å². The van der Waals surface area contributed by atoms with E-state index in [0.717, 1.165) is 50.3 Å². The third kappa shape index (κ3) is 3.75. The monoisotopic (exact) mass is 372 g/mol. The molecule has 4 rings (SSSR count). The fourth-order valence-electron chi connectivity index (χ4n) is 3.80. The molecule has 2 aliphatic rings. The highest BCUT2D eigenvalue weighted by molar-refractivity contribution is 7.07. The Morgan fingerprint density at radius 2 is 2.38 bits per heavy atom. The Labute approximate surface area is 157 Å². The summed E-state index contributed by atoms with van der Waals surface area (Å²) in [6, 6.07) is 5.65. The number of nitrogens with zero attached hydrogens (tertiary/aromatic N) is 2. The third-order valence-electron chi connectivity index (χ3n) is 5.17. The second kappa shape index (κ2) is 7.73. The number of aliphatic hydroxyl groups excluding tert-OH is 1. The second-order valence-corrected chi connectivity index (χ2v) is 7.74. The number of β-amino-alcohol motifs (C(OH)–C–C–N with tert-alkyl or cyclic N) is 1. The van der Waals surface area contributed by atoms with Crippen LogP contribution in [-0.4, -0.2) is 52.7 Å². The first kappa shape index (κ1) is 17.5. The Kier molecular flexibility index (Phi) is 5.19. The normalized spacial score (nSPS) is 23.1. The molecule has 0 bridgehead atoms. The molecule has 3 heterocycles. The molecule has 1 amide bonds. The number of fused-ring (bicyclic) bond motifs is 1. The molecule has 26 heavy (non-hydrogen) atoms. The number of piperidine rings is 1. The van der Waals surface area contributed by atoms with Crippen molar-refractivity contribution in [3.63, 3.8) is 0 Å². The van der Waals surface area contributed by atoms with Crippen molar-refractivity contribution >= 4 is 22.9 Å². The fraction of sp³-hybridized carbons (Fsp3) is 0.474. The first-order valence-electron chi connectivity index (χ1n) is 9.15. The van der Waals surface area contributed by atoms with E-state index in [4.69, 9.17) is 0 Å². The molecule has 0 spiro atoms. The molecule has 1 aromatic carbocycles. The molecule has 7 heteroatoms. The molecule has 1 aromatic heterocycles. The van der Waals surface area contributed by atoms with Crippen LogP contribution < -0.4 is 10.6 Å². The zero-order valence-corrected chi connectivity index (χ0v) is 15.5. The average Bonchev–Trinajstić information content (AvgIpc) is 3.16. The number of thiazole rings is 1. The van der Waals surface area contributed by atoms with Gasteiger partial charge in [-0.15, -0.1) is 11.3 Å². The molecule has 6 nitrogen and oxygen atoms in total. The van der Waals surface area contributed by atoms with Crippen molar-refractivity contribution in [1.82, 2.24) is 15.2 Å². The number of nitrogens with one attached hydrogen (secondary N) is 2. The number of carbonyl (C=O) groups is 1. The molecule has 3 N–H and O–H groups in total. The minimum Gasteiger partial charge on any atom is -0.390 e. The van der Waals surface area contributed by atoms with Gasteiger partial charge in [0.2, 0.25) is 0 Å². The minimum absolute atomic E-state index is 0.103. The molecule has 2 aliphatic heterocycles. The van der Waals surface area contributed by atoms with Gasteiger partial charge in [0.25, 0.3) is 5.91 Å². The maximum absolute atomic E-state index is 12.8.